The summed E-state index contributed by atoms with van der Waals surface area (Å²) in [4.78, 5) is 11.7. The zero-order valence-corrected chi connectivity index (χ0v) is 7.53. The van der Waals surface area contributed by atoms with Crippen molar-refractivity contribution in [2.45, 2.75) is 13.3 Å². The molecule has 0 saturated heterocycles. The molecule has 3 rings (SSSR count). The number of aliphatic hydroxyl groups excluding tert-OH is 1. The van der Waals surface area contributed by atoms with Crippen LogP contribution in [0.25, 0.3) is 0 Å². The van der Waals surface area contributed by atoms with Gasteiger partial charge in [0.15, 0.2) is 5.78 Å². The third-order valence-electron chi connectivity index (χ3n) is 3.83. The van der Waals surface area contributed by atoms with Gasteiger partial charge in [0, 0.05) is 17.4 Å². The summed E-state index contributed by atoms with van der Waals surface area (Å²) < 4.78 is 0. The van der Waals surface area contributed by atoms with E-state index in [1.807, 2.05) is 0 Å². The summed E-state index contributed by atoms with van der Waals surface area (Å²) in [5.74, 6) is 1.59. The molecule has 4 atom stereocenters. The molecule has 13 heavy (non-hydrogen) atoms. The highest BCUT2D eigenvalue weighted by Crippen LogP contribution is 2.55. The first-order chi connectivity index (χ1) is 6.20. The topological polar surface area (TPSA) is 37.3 Å². The Balaban J connectivity index is 2.11. The number of aliphatic hydroxyl groups is 1. The third-order valence-corrected chi connectivity index (χ3v) is 3.83. The molecule has 1 fully saturated rings. The van der Waals surface area contributed by atoms with E-state index in [9.17, 15) is 9.90 Å². The molecule has 1 N–H and O–H groups in total. The molecule has 0 aromatic carbocycles. The number of carbonyl (C=O) groups is 1. The lowest BCUT2D eigenvalue weighted by molar-refractivity contribution is -0.119. The van der Waals surface area contributed by atoms with Crippen molar-refractivity contribution in [1.82, 2.24) is 0 Å². The predicted molar refractivity (Wildman–Crippen MR) is 48.1 cm³/mol. The van der Waals surface area contributed by atoms with Crippen molar-refractivity contribution in [2.75, 3.05) is 0 Å². The molecular weight excluding hydrogens is 164 g/mol. The molecule has 2 bridgehead atoms. The van der Waals surface area contributed by atoms with Crippen LogP contribution in [0.2, 0.25) is 0 Å². The number of ketones is 1. The fraction of sp³-hybridized carbons (Fsp3) is 0.545. The first-order valence-corrected chi connectivity index (χ1v) is 4.82. The van der Waals surface area contributed by atoms with Crippen molar-refractivity contribution in [3.63, 3.8) is 0 Å². The standard InChI is InChI=1S/C11H12O2/c1-5-10(12)8-6-2-3-7(4-6)9(8)11(5)13/h2-3,6-9,12H,4H2,1H3/t6-,7+,8-,9+/m1/s1. The van der Waals surface area contributed by atoms with E-state index >= 15 is 0 Å². The van der Waals surface area contributed by atoms with Gasteiger partial charge in [0.05, 0.1) is 0 Å². The molecule has 0 aromatic heterocycles. The highest BCUT2D eigenvalue weighted by Gasteiger charge is 2.54. The van der Waals surface area contributed by atoms with Crippen LogP contribution in [-0.4, -0.2) is 10.9 Å². The number of carbonyl (C=O) groups excluding carboxylic acids is 1. The normalized spacial score (nSPS) is 46.4. The second-order valence-electron chi connectivity index (χ2n) is 4.37. The maximum atomic E-state index is 11.7. The largest absolute Gasteiger partial charge is 0.512 e. The lowest BCUT2D eigenvalue weighted by Crippen LogP contribution is -2.21. The van der Waals surface area contributed by atoms with Crippen molar-refractivity contribution in [2.24, 2.45) is 23.7 Å². The van der Waals surface area contributed by atoms with E-state index in [0.29, 0.717) is 23.2 Å². The summed E-state index contributed by atoms with van der Waals surface area (Å²) >= 11 is 0. The fourth-order valence-electron chi connectivity index (χ4n) is 3.18. The Morgan fingerprint density at radius 2 is 1.92 bits per heavy atom. The summed E-state index contributed by atoms with van der Waals surface area (Å²) in [6.07, 6.45) is 5.38. The van der Waals surface area contributed by atoms with Crippen LogP contribution in [0, 0.1) is 23.7 Å². The van der Waals surface area contributed by atoms with Gasteiger partial charge in [0.2, 0.25) is 0 Å². The maximum Gasteiger partial charge on any atom is 0.166 e. The van der Waals surface area contributed by atoms with E-state index in [2.05, 4.69) is 12.2 Å². The second-order valence-corrected chi connectivity index (χ2v) is 4.37. The molecule has 3 aliphatic carbocycles. The van der Waals surface area contributed by atoms with E-state index in [1.165, 1.54) is 0 Å². The molecule has 3 aliphatic rings. The first kappa shape index (κ1) is 7.36. The number of Topliss-reactive ketones (excluding diaryl/α,β-unsaturated/α-hetero) is 1. The van der Waals surface area contributed by atoms with Gasteiger partial charge in [-0.3, -0.25) is 4.79 Å². The van der Waals surface area contributed by atoms with E-state index in [0.717, 1.165) is 6.42 Å². The molecule has 0 aliphatic heterocycles. The SMILES string of the molecule is CC1=C(O)[C@H]2[C@@H](C1=O)[C@H]1C=C[C@@H]2C1. The molecule has 0 heterocycles. The van der Waals surface area contributed by atoms with Crippen LogP contribution in [0.5, 0.6) is 0 Å². The fourth-order valence-corrected chi connectivity index (χ4v) is 3.18. The van der Waals surface area contributed by atoms with E-state index in [4.69, 9.17) is 0 Å². The highest BCUT2D eigenvalue weighted by atomic mass is 16.3. The Morgan fingerprint density at radius 1 is 1.31 bits per heavy atom. The number of fused-ring (bicyclic) bond motifs is 5. The first-order valence-electron chi connectivity index (χ1n) is 4.82. The molecule has 0 spiro atoms. The molecule has 0 amide bonds. The molecule has 2 nitrogen and oxygen atoms in total. The lowest BCUT2D eigenvalue weighted by atomic mass is 9.84. The van der Waals surface area contributed by atoms with Crippen LogP contribution in [0.3, 0.4) is 0 Å². The van der Waals surface area contributed by atoms with Gasteiger partial charge in [-0.15, -0.1) is 0 Å². The number of hydrogen-bond acceptors (Lipinski definition) is 2. The molecule has 68 valence electrons. The Hall–Kier alpha value is -1.05. The van der Waals surface area contributed by atoms with Crippen molar-refractivity contribution in [1.29, 1.82) is 0 Å². The van der Waals surface area contributed by atoms with Gasteiger partial charge in [0.25, 0.3) is 0 Å². The summed E-state index contributed by atoms with van der Waals surface area (Å²) in [6, 6.07) is 0. The minimum Gasteiger partial charge on any atom is -0.512 e. The lowest BCUT2D eigenvalue weighted by Gasteiger charge is -2.19. The van der Waals surface area contributed by atoms with E-state index in [1.54, 1.807) is 6.92 Å². The monoisotopic (exact) mass is 176 g/mol. The zero-order valence-electron chi connectivity index (χ0n) is 7.53. The smallest absolute Gasteiger partial charge is 0.166 e. The van der Waals surface area contributed by atoms with Gasteiger partial charge in [-0.05, 0) is 25.2 Å². The minimum atomic E-state index is 0.0787. The van der Waals surface area contributed by atoms with Gasteiger partial charge in [-0.1, -0.05) is 12.2 Å². The van der Waals surface area contributed by atoms with Gasteiger partial charge in [-0.25, -0.2) is 0 Å². The van der Waals surface area contributed by atoms with E-state index < -0.39 is 0 Å². The average Bonchev–Trinajstić information content (AvgIpc) is 2.76. The van der Waals surface area contributed by atoms with Crippen LogP contribution >= 0.6 is 0 Å². The summed E-state index contributed by atoms with van der Waals surface area (Å²) in [5, 5.41) is 9.79. The second kappa shape index (κ2) is 2.06. The molecule has 0 radical (unpaired) electrons. The summed E-state index contributed by atoms with van der Waals surface area (Å²) in [6.45, 7) is 1.75. The van der Waals surface area contributed by atoms with Gasteiger partial charge in [0.1, 0.15) is 5.76 Å². The Labute approximate surface area is 76.9 Å². The minimum absolute atomic E-state index is 0.0787. The number of allylic oxidation sites excluding steroid dienone is 4. The van der Waals surface area contributed by atoms with E-state index in [-0.39, 0.29) is 17.6 Å². The predicted octanol–water partition coefficient (Wildman–Crippen LogP) is 1.84. The van der Waals surface area contributed by atoms with Crippen molar-refractivity contribution in [3.05, 3.63) is 23.5 Å². The van der Waals surface area contributed by atoms with Crippen molar-refractivity contribution < 1.29 is 9.90 Å². The quantitative estimate of drug-likeness (QED) is 0.572. The number of hydrogen-bond donors (Lipinski definition) is 1. The maximum absolute atomic E-state index is 11.7. The summed E-state index contributed by atoms with van der Waals surface area (Å²) in [7, 11) is 0. The molecule has 0 aromatic rings. The third kappa shape index (κ3) is 0.679. The molecule has 2 heteroatoms. The van der Waals surface area contributed by atoms with Crippen LogP contribution in [-0.2, 0) is 4.79 Å². The van der Waals surface area contributed by atoms with Gasteiger partial charge in [-0.2, -0.15) is 0 Å². The molecule has 0 unspecified atom stereocenters. The van der Waals surface area contributed by atoms with Crippen molar-refractivity contribution >= 4 is 5.78 Å². The van der Waals surface area contributed by atoms with Gasteiger partial charge < -0.3 is 5.11 Å². The number of rotatable bonds is 0. The van der Waals surface area contributed by atoms with Crippen LogP contribution in [0.15, 0.2) is 23.5 Å². The summed E-state index contributed by atoms with van der Waals surface area (Å²) in [5.41, 5.74) is 0.605. The van der Waals surface area contributed by atoms with Crippen LogP contribution in [0.4, 0.5) is 0 Å². The Morgan fingerprint density at radius 3 is 2.54 bits per heavy atom. The Kier molecular flexibility index (Phi) is 1.17. The molecule has 1 saturated carbocycles. The van der Waals surface area contributed by atoms with Gasteiger partial charge >= 0.3 is 0 Å². The van der Waals surface area contributed by atoms with Crippen LogP contribution < -0.4 is 0 Å². The average molecular weight is 176 g/mol. The van der Waals surface area contributed by atoms with Crippen LogP contribution in [0.1, 0.15) is 13.3 Å². The highest BCUT2D eigenvalue weighted by molar-refractivity contribution is 6.01. The Bertz CT molecular complexity index is 351. The molecular formula is C11H12O2. The van der Waals surface area contributed by atoms with Crippen molar-refractivity contribution in [3.8, 4) is 0 Å². The zero-order chi connectivity index (χ0) is 9.16.